The second-order valence-corrected chi connectivity index (χ2v) is 4.43. The molecule has 2 aromatic rings. The first-order chi connectivity index (χ1) is 8.63. The van der Waals surface area contributed by atoms with Gasteiger partial charge in [0.25, 0.3) is 0 Å². The van der Waals surface area contributed by atoms with Crippen molar-refractivity contribution in [1.29, 1.82) is 0 Å². The first-order valence-corrected chi connectivity index (χ1v) is 5.94. The molecule has 0 unspecified atom stereocenters. The smallest absolute Gasteiger partial charge is 0.413 e. The van der Waals surface area contributed by atoms with Gasteiger partial charge in [0.05, 0.1) is 18.7 Å². The number of anilines is 1. The number of carboxylic acid groups (broad SMARTS) is 1. The lowest BCUT2D eigenvalue weighted by molar-refractivity contribution is 0.198. The summed E-state index contributed by atoms with van der Waals surface area (Å²) >= 11 is 3.32. The lowest BCUT2D eigenvalue weighted by Gasteiger charge is -2.18. The maximum Gasteiger partial charge on any atom is 0.413 e. The second kappa shape index (κ2) is 5.28. The summed E-state index contributed by atoms with van der Waals surface area (Å²) in [6.45, 7) is -0.306. The van der Waals surface area contributed by atoms with Crippen molar-refractivity contribution < 1.29 is 15.0 Å². The highest BCUT2D eigenvalue weighted by Crippen LogP contribution is 2.25. The number of halogens is 1. The molecule has 1 aromatic carbocycles. The number of nitrogens with zero attached hydrogens (tertiary/aromatic N) is 3. The topological polar surface area (TPSA) is 86.5 Å². The van der Waals surface area contributed by atoms with Crippen LogP contribution in [0.1, 0.15) is 0 Å². The van der Waals surface area contributed by atoms with E-state index in [1.165, 1.54) is 6.33 Å². The average molecular weight is 312 g/mol. The third kappa shape index (κ3) is 2.41. The SMILES string of the molecule is O=C(O)N(CCO)c1ncnc2ccc(Br)cc12. The van der Waals surface area contributed by atoms with Gasteiger partial charge < -0.3 is 10.2 Å². The number of aromatic nitrogens is 2. The van der Waals surface area contributed by atoms with Crippen LogP contribution in [0.5, 0.6) is 0 Å². The van der Waals surface area contributed by atoms with Crippen molar-refractivity contribution in [3.05, 3.63) is 29.0 Å². The van der Waals surface area contributed by atoms with E-state index < -0.39 is 6.09 Å². The van der Waals surface area contributed by atoms with Crippen LogP contribution in [0, 0.1) is 0 Å². The van der Waals surface area contributed by atoms with Crippen molar-refractivity contribution in [1.82, 2.24) is 9.97 Å². The average Bonchev–Trinajstić information content (AvgIpc) is 2.35. The quantitative estimate of drug-likeness (QED) is 0.903. The molecule has 1 heterocycles. The van der Waals surface area contributed by atoms with Crippen LogP contribution in [0.15, 0.2) is 29.0 Å². The fourth-order valence-corrected chi connectivity index (χ4v) is 1.98. The summed E-state index contributed by atoms with van der Waals surface area (Å²) in [5, 5.41) is 18.7. The molecule has 2 rings (SSSR count). The van der Waals surface area contributed by atoms with Gasteiger partial charge in [0.2, 0.25) is 0 Å². The number of hydrogen-bond acceptors (Lipinski definition) is 4. The Morgan fingerprint density at radius 3 is 2.83 bits per heavy atom. The van der Waals surface area contributed by atoms with Crippen molar-refractivity contribution in [2.45, 2.75) is 0 Å². The van der Waals surface area contributed by atoms with Gasteiger partial charge in [0, 0.05) is 9.86 Å². The molecule has 0 saturated carbocycles. The van der Waals surface area contributed by atoms with E-state index >= 15 is 0 Å². The molecule has 0 aliphatic carbocycles. The van der Waals surface area contributed by atoms with Crippen LogP contribution < -0.4 is 4.90 Å². The second-order valence-electron chi connectivity index (χ2n) is 3.52. The minimum atomic E-state index is -1.16. The Morgan fingerprint density at radius 2 is 2.17 bits per heavy atom. The predicted octanol–water partition coefficient (Wildman–Crippen LogP) is 1.87. The van der Waals surface area contributed by atoms with Crippen LogP contribution in [0.25, 0.3) is 10.9 Å². The predicted molar refractivity (Wildman–Crippen MR) is 69.7 cm³/mol. The molecule has 18 heavy (non-hydrogen) atoms. The number of hydrogen-bond donors (Lipinski definition) is 2. The molecule has 0 radical (unpaired) electrons. The van der Waals surface area contributed by atoms with Gasteiger partial charge >= 0.3 is 6.09 Å². The molecular weight excluding hydrogens is 302 g/mol. The monoisotopic (exact) mass is 311 g/mol. The van der Waals surface area contributed by atoms with Crippen molar-refractivity contribution in [3.63, 3.8) is 0 Å². The van der Waals surface area contributed by atoms with Crippen LogP contribution in [0.3, 0.4) is 0 Å². The molecule has 0 aliphatic rings. The summed E-state index contributed by atoms with van der Waals surface area (Å²) in [5.41, 5.74) is 0.646. The molecule has 6 nitrogen and oxygen atoms in total. The van der Waals surface area contributed by atoms with Gasteiger partial charge in [0.1, 0.15) is 12.1 Å². The van der Waals surface area contributed by atoms with E-state index in [0.717, 1.165) is 9.37 Å². The summed E-state index contributed by atoms with van der Waals surface area (Å²) in [4.78, 5) is 20.2. The molecule has 0 atom stereocenters. The molecule has 0 bridgehead atoms. The Morgan fingerprint density at radius 1 is 1.39 bits per heavy atom. The van der Waals surface area contributed by atoms with Crippen LogP contribution in [0.2, 0.25) is 0 Å². The van der Waals surface area contributed by atoms with Crippen molar-refractivity contribution in [3.8, 4) is 0 Å². The van der Waals surface area contributed by atoms with Gasteiger partial charge in [-0.25, -0.2) is 14.8 Å². The molecule has 0 spiro atoms. The summed E-state index contributed by atoms with van der Waals surface area (Å²) in [5.74, 6) is 0.267. The van der Waals surface area contributed by atoms with Gasteiger partial charge in [-0.15, -0.1) is 0 Å². The highest BCUT2D eigenvalue weighted by molar-refractivity contribution is 9.10. The van der Waals surface area contributed by atoms with Crippen LogP contribution in [-0.4, -0.2) is 39.4 Å². The maximum absolute atomic E-state index is 11.2. The van der Waals surface area contributed by atoms with Crippen molar-refractivity contribution in [2.24, 2.45) is 0 Å². The highest BCUT2D eigenvalue weighted by atomic mass is 79.9. The third-order valence-electron chi connectivity index (χ3n) is 2.39. The number of fused-ring (bicyclic) bond motifs is 1. The standard InChI is InChI=1S/C11H10BrN3O3/c12-7-1-2-9-8(5-7)10(14-6-13-9)15(3-4-16)11(17)18/h1-2,5-6,16H,3-4H2,(H,17,18). The molecule has 0 fully saturated rings. The lowest BCUT2D eigenvalue weighted by atomic mass is 10.2. The molecule has 0 aliphatic heterocycles. The number of carbonyl (C=O) groups is 1. The zero-order valence-corrected chi connectivity index (χ0v) is 10.8. The highest BCUT2D eigenvalue weighted by Gasteiger charge is 2.18. The van der Waals surface area contributed by atoms with Crippen LogP contribution in [-0.2, 0) is 0 Å². The van der Waals surface area contributed by atoms with Crippen molar-refractivity contribution >= 4 is 38.7 Å². The fraction of sp³-hybridized carbons (Fsp3) is 0.182. The zero-order chi connectivity index (χ0) is 13.1. The number of rotatable bonds is 3. The number of amides is 1. The third-order valence-corrected chi connectivity index (χ3v) is 2.88. The fourth-order valence-electron chi connectivity index (χ4n) is 1.62. The normalized spacial score (nSPS) is 10.6. The van der Waals surface area contributed by atoms with Gasteiger partial charge in [-0.3, -0.25) is 4.90 Å². The van der Waals surface area contributed by atoms with Crippen molar-refractivity contribution in [2.75, 3.05) is 18.1 Å². The lowest BCUT2D eigenvalue weighted by Crippen LogP contribution is -2.33. The van der Waals surface area contributed by atoms with E-state index in [0.29, 0.717) is 10.9 Å². The summed E-state index contributed by atoms with van der Waals surface area (Å²) in [6.07, 6.45) is 0.142. The maximum atomic E-state index is 11.2. The first kappa shape index (κ1) is 12.7. The molecule has 2 N–H and O–H groups in total. The van der Waals surface area contributed by atoms with Gasteiger partial charge in [-0.1, -0.05) is 15.9 Å². The molecular formula is C11H10BrN3O3. The number of aliphatic hydroxyl groups is 1. The van der Waals surface area contributed by atoms with E-state index in [9.17, 15) is 4.79 Å². The zero-order valence-electron chi connectivity index (χ0n) is 9.25. The summed E-state index contributed by atoms with van der Waals surface area (Å²) in [7, 11) is 0. The van der Waals surface area contributed by atoms with Gasteiger partial charge in [-0.05, 0) is 18.2 Å². The van der Waals surface area contributed by atoms with E-state index in [-0.39, 0.29) is 19.0 Å². The number of aliphatic hydroxyl groups excluding tert-OH is 1. The first-order valence-electron chi connectivity index (χ1n) is 5.15. The summed E-state index contributed by atoms with van der Waals surface area (Å²) in [6, 6.07) is 5.33. The Labute approximate surface area is 111 Å². The molecule has 0 saturated heterocycles. The minimum Gasteiger partial charge on any atom is -0.465 e. The summed E-state index contributed by atoms with van der Waals surface area (Å²) < 4.78 is 0.806. The van der Waals surface area contributed by atoms with E-state index in [1.54, 1.807) is 12.1 Å². The van der Waals surface area contributed by atoms with Crippen LogP contribution >= 0.6 is 15.9 Å². The molecule has 94 valence electrons. The van der Waals surface area contributed by atoms with Gasteiger partial charge in [-0.2, -0.15) is 0 Å². The molecule has 1 amide bonds. The molecule has 1 aromatic heterocycles. The molecule has 7 heteroatoms. The Kier molecular flexibility index (Phi) is 3.73. The Hall–Kier alpha value is -1.73. The van der Waals surface area contributed by atoms with Crippen LogP contribution in [0.4, 0.5) is 10.6 Å². The van der Waals surface area contributed by atoms with E-state index in [1.807, 2.05) is 6.07 Å². The minimum absolute atomic E-state index is 0.0338. The number of benzene rings is 1. The van der Waals surface area contributed by atoms with Gasteiger partial charge in [0.15, 0.2) is 0 Å². The Bertz CT molecular complexity index is 591. The largest absolute Gasteiger partial charge is 0.465 e. The van der Waals surface area contributed by atoms with E-state index in [4.69, 9.17) is 10.2 Å². The van der Waals surface area contributed by atoms with E-state index in [2.05, 4.69) is 25.9 Å². The Balaban J connectivity index is 2.61.